The summed E-state index contributed by atoms with van der Waals surface area (Å²) in [6.07, 6.45) is -5.05. The van der Waals surface area contributed by atoms with Crippen LogP contribution in [-0.2, 0) is 6.54 Å². The van der Waals surface area contributed by atoms with Crippen molar-refractivity contribution in [2.24, 2.45) is 5.73 Å². The summed E-state index contributed by atoms with van der Waals surface area (Å²) in [6, 6.07) is 8.30. The van der Waals surface area contributed by atoms with Crippen LogP contribution in [0, 0.1) is 5.82 Å². The fraction of sp³-hybridized carbons (Fsp3) is 0.536. The van der Waals surface area contributed by atoms with E-state index in [0.717, 1.165) is 26.2 Å². The Labute approximate surface area is 233 Å². The number of benzene rings is 2. The molecule has 1 saturated heterocycles. The van der Waals surface area contributed by atoms with E-state index in [0.29, 0.717) is 54.6 Å². The summed E-state index contributed by atoms with van der Waals surface area (Å²) in [7, 11) is 1.97. The Morgan fingerprint density at radius 2 is 1.72 bits per heavy atom. The first kappa shape index (κ1) is 31.1. The van der Waals surface area contributed by atoms with Crippen LogP contribution in [0.5, 0.6) is 0 Å². The van der Waals surface area contributed by atoms with Gasteiger partial charge >= 0.3 is 6.18 Å². The highest BCUT2D eigenvalue weighted by atomic mass is 35.5. The number of carbonyl (C=O) groups excluding carboxylic acids is 1. The number of anilines is 1. The maximum absolute atomic E-state index is 16.0. The first-order chi connectivity index (χ1) is 18.4. The lowest BCUT2D eigenvalue weighted by molar-refractivity contribution is -0.138. The van der Waals surface area contributed by atoms with Crippen molar-refractivity contribution in [2.75, 3.05) is 70.9 Å². The quantitative estimate of drug-likeness (QED) is 0.360. The third-order valence-electron chi connectivity index (χ3n) is 7.28. The highest BCUT2D eigenvalue weighted by Crippen LogP contribution is 2.39. The largest absolute Gasteiger partial charge is 0.390 e. The number of alkyl halides is 3. The molecule has 0 unspecified atom stereocenters. The molecule has 1 heterocycles. The van der Waals surface area contributed by atoms with E-state index < -0.39 is 24.3 Å². The SMILES string of the molecule is CCN(CC)CCN(C)Cc1ccc(C(N)=O)c(F)c1-c1ccc(Cl)cc1N1CCN(CCC(F)(F)F)CC1. The standard InChI is InChI=1S/C28H38ClF4N5O/c1-4-36(5-2)13-12-35(3)19-20-6-8-23(27(34)39)26(30)25(20)22-9-7-21(29)18-24(22)38-16-14-37(15-17-38)11-10-28(31,32)33/h6-9,18H,4-5,10-17,19H2,1-3H3,(H2,34,39). The molecule has 1 aliphatic heterocycles. The minimum Gasteiger partial charge on any atom is -0.368 e. The zero-order chi connectivity index (χ0) is 28.7. The van der Waals surface area contributed by atoms with Crippen LogP contribution in [0.1, 0.15) is 36.2 Å². The van der Waals surface area contributed by atoms with Gasteiger partial charge in [-0.15, -0.1) is 0 Å². The van der Waals surface area contributed by atoms with E-state index in [1.807, 2.05) is 11.9 Å². The van der Waals surface area contributed by atoms with Crippen LogP contribution < -0.4 is 10.6 Å². The van der Waals surface area contributed by atoms with Gasteiger partial charge in [-0.3, -0.25) is 9.69 Å². The molecule has 3 rings (SSSR count). The average molecular weight is 572 g/mol. The average Bonchev–Trinajstić information content (AvgIpc) is 2.88. The molecule has 1 amide bonds. The molecule has 11 heteroatoms. The van der Waals surface area contributed by atoms with Gasteiger partial charge in [0, 0.05) is 74.2 Å². The van der Waals surface area contributed by atoms with Gasteiger partial charge in [0.1, 0.15) is 5.82 Å². The number of nitrogens with zero attached hydrogens (tertiary/aromatic N) is 4. The van der Waals surface area contributed by atoms with Crippen LogP contribution in [0.15, 0.2) is 30.3 Å². The van der Waals surface area contributed by atoms with Crippen LogP contribution in [-0.4, -0.2) is 92.7 Å². The van der Waals surface area contributed by atoms with Crippen LogP contribution >= 0.6 is 11.6 Å². The highest BCUT2D eigenvalue weighted by Gasteiger charge is 2.30. The fourth-order valence-corrected chi connectivity index (χ4v) is 5.09. The number of amides is 1. The lowest BCUT2D eigenvalue weighted by atomic mass is 9.93. The third-order valence-corrected chi connectivity index (χ3v) is 7.52. The summed E-state index contributed by atoms with van der Waals surface area (Å²) >= 11 is 6.35. The van der Waals surface area contributed by atoms with Crippen molar-refractivity contribution in [3.05, 3.63) is 52.3 Å². The number of piperazine rings is 1. The summed E-state index contributed by atoms with van der Waals surface area (Å²) in [5, 5.41) is 0.456. The molecular weight excluding hydrogens is 534 g/mol. The van der Waals surface area contributed by atoms with Gasteiger partial charge in [-0.05, 0) is 43.9 Å². The number of likely N-dealkylation sites (N-methyl/N-ethyl adjacent to an activating group) is 2. The van der Waals surface area contributed by atoms with Gasteiger partial charge in [0.2, 0.25) is 0 Å². The Balaban J connectivity index is 1.93. The van der Waals surface area contributed by atoms with Gasteiger partial charge in [0.15, 0.2) is 0 Å². The number of hydrogen-bond donors (Lipinski definition) is 1. The Kier molecular flexibility index (Phi) is 11.0. The molecule has 0 atom stereocenters. The zero-order valence-electron chi connectivity index (χ0n) is 22.8. The summed E-state index contributed by atoms with van der Waals surface area (Å²) < 4.78 is 54.0. The van der Waals surface area contributed by atoms with Crippen LogP contribution in [0.3, 0.4) is 0 Å². The molecule has 2 N–H and O–H groups in total. The minimum atomic E-state index is -4.20. The molecule has 0 bridgehead atoms. The summed E-state index contributed by atoms with van der Waals surface area (Å²) in [6.45, 7) is 9.92. The van der Waals surface area contributed by atoms with Crippen molar-refractivity contribution in [1.29, 1.82) is 0 Å². The van der Waals surface area contributed by atoms with E-state index in [4.69, 9.17) is 17.3 Å². The van der Waals surface area contributed by atoms with Crippen LogP contribution in [0.2, 0.25) is 5.02 Å². The first-order valence-corrected chi connectivity index (χ1v) is 13.7. The maximum atomic E-state index is 16.0. The number of primary amides is 1. The molecule has 0 aliphatic carbocycles. The number of nitrogens with two attached hydrogens (primary N) is 1. The van der Waals surface area contributed by atoms with Crippen LogP contribution in [0.4, 0.5) is 23.2 Å². The molecule has 6 nitrogen and oxygen atoms in total. The van der Waals surface area contributed by atoms with E-state index in [1.165, 1.54) is 6.07 Å². The number of halogens is 5. The predicted molar refractivity (Wildman–Crippen MR) is 149 cm³/mol. The topological polar surface area (TPSA) is 56.1 Å². The fourth-order valence-electron chi connectivity index (χ4n) is 4.93. The van der Waals surface area contributed by atoms with Gasteiger partial charge in [-0.2, -0.15) is 13.2 Å². The van der Waals surface area contributed by atoms with Gasteiger partial charge < -0.3 is 20.4 Å². The van der Waals surface area contributed by atoms with Crippen molar-refractivity contribution in [3.63, 3.8) is 0 Å². The number of carbonyl (C=O) groups is 1. The second-order valence-electron chi connectivity index (χ2n) is 9.95. The molecule has 0 saturated carbocycles. The van der Waals surface area contributed by atoms with Gasteiger partial charge in [0.25, 0.3) is 5.91 Å². The molecule has 0 radical (unpaired) electrons. The molecule has 39 heavy (non-hydrogen) atoms. The highest BCUT2D eigenvalue weighted by molar-refractivity contribution is 6.31. The van der Waals surface area contributed by atoms with Crippen molar-refractivity contribution in [2.45, 2.75) is 33.0 Å². The monoisotopic (exact) mass is 571 g/mol. The summed E-state index contributed by atoms with van der Waals surface area (Å²) in [4.78, 5) is 20.2. The lowest BCUT2D eigenvalue weighted by Gasteiger charge is -2.37. The van der Waals surface area contributed by atoms with Crippen LogP contribution in [0.25, 0.3) is 11.1 Å². The van der Waals surface area contributed by atoms with E-state index in [9.17, 15) is 18.0 Å². The van der Waals surface area contributed by atoms with E-state index in [2.05, 4.69) is 23.6 Å². The molecule has 2 aromatic rings. The maximum Gasteiger partial charge on any atom is 0.390 e. The third kappa shape index (κ3) is 8.54. The van der Waals surface area contributed by atoms with E-state index in [-0.39, 0.29) is 17.7 Å². The predicted octanol–water partition coefficient (Wildman–Crippen LogP) is 5.09. The van der Waals surface area contributed by atoms with Crippen molar-refractivity contribution in [1.82, 2.24) is 14.7 Å². The second-order valence-corrected chi connectivity index (χ2v) is 10.4. The molecule has 0 spiro atoms. The zero-order valence-corrected chi connectivity index (χ0v) is 23.6. The minimum absolute atomic E-state index is 0.0565. The second kappa shape index (κ2) is 13.8. The first-order valence-electron chi connectivity index (χ1n) is 13.3. The lowest BCUT2D eigenvalue weighted by Crippen LogP contribution is -2.47. The summed E-state index contributed by atoms with van der Waals surface area (Å²) in [5.74, 6) is -1.55. The molecule has 0 aromatic heterocycles. The number of hydrogen-bond acceptors (Lipinski definition) is 5. The molecule has 216 valence electrons. The van der Waals surface area contributed by atoms with Gasteiger partial charge in [0.05, 0.1) is 12.0 Å². The summed E-state index contributed by atoms with van der Waals surface area (Å²) in [5.41, 5.74) is 7.52. The smallest absolute Gasteiger partial charge is 0.368 e. The van der Waals surface area contributed by atoms with Crippen molar-refractivity contribution < 1.29 is 22.4 Å². The van der Waals surface area contributed by atoms with Gasteiger partial charge in [-0.25, -0.2) is 4.39 Å². The molecule has 1 fully saturated rings. The molecule has 2 aromatic carbocycles. The van der Waals surface area contributed by atoms with E-state index >= 15 is 4.39 Å². The normalized spacial score (nSPS) is 15.0. The Bertz CT molecular complexity index is 1120. The molecular formula is C28H38ClF4N5O. The van der Waals surface area contributed by atoms with Gasteiger partial charge in [-0.1, -0.05) is 37.6 Å². The Hall–Kier alpha value is -2.40. The molecule has 1 aliphatic rings. The Morgan fingerprint density at radius 3 is 2.31 bits per heavy atom. The van der Waals surface area contributed by atoms with E-state index in [1.54, 1.807) is 29.2 Å². The number of rotatable bonds is 12. The van der Waals surface area contributed by atoms with Crippen molar-refractivity contribution >= 4 is 23.2 Å². The Morgan fingerprint density at radius 1 is 1.05 bits per heavy atom. The van der Waals surface area contributed by atoms with Crippen molar-refractivity contribution in [3.8, 4) is 11.1 Å².